The summed E-state index contributed by atoms with van der Waals surface area (Å²) in [4.78, 5) is 34.6. The average Bonchev–Trinajstić information content (AvgIpc) is 2.84. The van der Waals surface area contributed by atoms with Gasteiger partial charge in [-0.3, -0.25) is 4.79 Å². The molecule has 0 amide bonds. The molecule has 0 N–H and O–H groups in total. The molecule has 0 aliphatic carbocycles. The summed E-state index contributed by atoms with van der Waals surface area (Å²) in [5.74, 6) is -2.95. The van der Waals surface area contributed by atoms with Crippen LogP contribution in [-0.2, 0) is 23.9 Å². The van der Waals surface area contributed by atoms with Gasteiger partial charge in [-0.25, -0.2) is 9.59 Å². The molecule has 0 unspecified atom stereocenters. The van der Waals surface area contributed by atoms with E-state index in [4.69, 9.17) is 4.74 Å². The van der Waals surface area contributed by atoms with Gasteiger partial charge in [0.25, 0.3) is 5.78 Å². The molecule has 1 aliphatic rings. The highest BCUT2D eigenvalue weighted by molar-refractivity contribution is 9.11. The molecule has 0 atom stereocenters. The van der Waals surface area contributed by atoms with Crippen LogP contribution in [0.2, 0.25) is 0 Å². The molecule has 2 heterocycles. The van der Waals surface area contributed by atoms with Crippen molar-refractivity contribution >= 4 is 50.7 Å². The minimum Gasteiger partial charge on any atom is -0.465 e. The monoisotopic (exact) mass is 316 g/mol. The van der Waals surface area contributed by atoms with Crippen molar-refractivity contribution in [1.29, 1.82) is 0 Å². The molecule has 2 rings (SSSR count). The number of carbonyl (C=O) groups is 3. The fourth-order valence-corrected chi connectivity index (χ4v) is 2.67. The Morgan fingerprint density at radius 2 is 2.12 bits per heavy atom. The van der Waals surface area contributed by atoms with Gasteiger partial charge in [0, 0.05) is 0 Å². The lowest BCUT2D eigenvalue weighted by Crippen LogP contribution is -2.16. The Balaban J connectivity index is 2.54. The predicted octanol–water partition coefficient (Wildman–Crippen LogP) is 1.52. The smallest absolute Gasteiger partial charge is 0.385 e. The molecule has 1 aromatic rings. The predicted molar refractivity (Wildman–Crippen MR) is 62.1 cm³/mol. The largest absolute Gasteiger partial charge is 0.465 e. The van der Waals surface area contributed by atoms with E-state index >= 15 is 0 Å². The second-order valence-electron chi connectivity index (χ2n) is 3.02. The minimum absolute atomic E-state index is 0.0393. The van der Waals surface area contributed by atoms with Crippen LogP contribution < -0.4 is 0 Å². The number of carbonyl (C=O) groups excluding carboxylic acids is 3. The van der Waals surface area contributed by atoms with E-state index in [9.17, 15) is 14.4 Å². The molecule has 0 fully saturated rings. The van der Waals surface area contributed by atoms with Crippen LogP contribution in [0.15, 0.2) is 21.5 Å². The summed E-state index contributed by atoms with van der Waals surface area (Å²) in [6, 6.07) is 3.36. The van der Waals surface area contributed by atoms with Crippen molar-refractivity contribution in [2.75, 3.05) is 7.11 Å². The van der Waals surface area contributed by atoms with Crippen LogP contribution in [0.3, 0.4) is 0 Å². The molecule has 0 saturated heterocycles. The summed E-state index contributed by atoms with van der Waals surface area (Å²) in [7, 11) is 1.13. The third-order valence-electron chi connectivity index (χ3n) is 2.02. The SMILES string of the molecule is COC(=O)C1=C(c2ccc(Br)s2)OC(=O)C1=O. The first-order chi connectivity index (χ1) is 8.04. The standard InChI is InChI=1S/C10H5BrO5S/c1-15-9(13)6-7(12)10(14)16-8(6)4-2-3-5(11)17-4/h2-3H,1H3. The normalized spacial score (nSPS) is 15.2. The first kappa shape index (κ1) is 12.0. The summed E-state index contributed by atoms with van der Waals surface area (Å²) < 4.78 is 10.0. The first-order valence-electron chi connectivity index (χ1n) is 4.39. The topological polar surface area (TPSA) is 69.7 Å². The van der Waals surface area contributed by atoms with Gasteiger partial charge in [0.05, 0.1) is 15.8 Å². The number of hydrogen-bond donors (Lipinski definition) is 0. The Morgan fingerprint density at radius 3 is 2.65 bits per heavy atom. The summed E-state index contributed by atoms with van der Waals surface area (Å²) in [6.07, 6.45) is 0. The number of ether oxygens (including phenoxy) is 2. The molecular formula is C10H5BrO5S. The average molecular weight is 317 g/mol. The van der Waals surface area contributed by atoms with E-state index in [0.29, 0.717) is 4.88 Å². The van der Waals surface area contributed by atoms with Gasteiger partial charge in [-0.1, -0.05) is 0 Å². The minimum atomic E-state index is -1.06. The van der Waals surface area contributed by atoms with E-state index in [0.717, 1.165) is 10.9 Å². The number of ketones is 1. The van der Waals surface area contributed by atoms with Crippen LogP contribution in [0.25, 0.3) is 5.76 Å². The van der Waals surface area contributed by atoms with Crippen LogP contribution in [-0.4, -0.2) is 24.8 Å². The van der Waals surface area contributed by atoms with Crippen molar-refractivity contribution in [3.8, 4) is 0 Å². The van der Waals surface area contributed by atoms with Crippen molar-refractivity contribution in [3.05, 3.63) is 26.4 Å². The maximum atomic E-state index is 11.5. The van der Waals surface area contributed by atoms with Crippen molar-refractivity contribution < 1.29 is 23.9 Å². The lowest BCUT2D eigenvalue weighted by atomic mass is 10.1. The Morgan fingerprint density at radius 1 is 1.41 bits per heavy atom. The van der Waals surface area contributed by atoms with Crippen LogP contribution in [0.5, 0.6) is 0 Å². The third-order valence-corrected chi connectivity index (χ3v) is 3.64. The summed E-state index contributed by atoms with van der Waals surface area (Å²) in [6.45, 7) is 0. The number of halogens is 1. The highest BCUT2D eigenvalue weighted by Crippen LogP contribution is 2.34. The molecule has 1 aromatic heterocycles. The van der Waals surface area contributed by atoms with E-state index in [1.165, 1.54) is 11.3 Å². The van der Waals surface area contributed by atoms with Gasteiger partial charge in [0.1, 0.15) is 0 Å². The number of hydrogen-bond acceptors (Lipinski definition) is 6. The van der Waals surface area contributed by atoms with Gasteiger partial charge in [-0.2, -0.15) is 0 Å². The molecule has 0 spiro atoms. The highest BCUT2D eigenvalue weighted by atomic mass is 79.9. The Hall–Kier alpha value is -1.47. The second-order valence-corrected chi connectivity index (χ2v) is 5.48. The van der Waals surface area contributed by atoms with Crippen LogP contribution in [0.1, 0.15) is 4.88 Å². The zero-order valence-electron chi connectivity index (χ0n) is 8.48. The Kier molecular flexibility index (Phi) is 3.12. The lowest BCUT2D eigenvalue weighted by Gasteiger charge is -1.99. The number of rotatable bonds is 2. The van der Waals surface area contributed by atoms with Crippen LogP contribution >= 0.6 is 27.3 Å². The number of thiophene rings is 1. The van der Waals surface area contributed by atoms with Gasteiger partial charge < -0.3 is 9.47 Å². The maximum Gasteiger partial charge on any atom is 0.385 e. The van der Waals surface area contributed by atoms with E-state index < -0.39 is 17.7 Å². The number of methoxy groups -OCH3 is 1. The molecule has 0 saturated carbocycles. The van der Waals surface area contributed by atoms with Gasteiger partial charge >= 0.3 is 11.9 Å². The number of esters is 2. The highest BCUT2D eigenvalue weighted by Gasteiger charge is 2.40. The second kappa shape index (κ2) is 4.42. The van der Waals surface area contributed by atoms with Crippen molar-refractivity contribution in [2.24, 2.45) is 0 Å². The molecule has 0 bridgehead atoms. The summed E-state index contributed by atoms with van der Waals surface area (Å²) in [5, 5.41) is 0. The van der Waals surface area contributed by atoms with Crippen LogP contribution in [0, 0.1) is 0 Å². The Bertz CT molecular complexity index is 557. The number of Topliss-reactive ketones (excluding diaryl/α,β-unsaturated/α-hetero) is 1. The van der Waals surface area contributed by atoms with Crippen molar-refractivity contribution in [1.82, 2.24) is 0 Å². The van der Waals surface area contributed by atoms with Crippen LogP contribution in [0.4, 0.5) is 0 Å². The zero-order valence-corrected chi connectivity index (χ0v) is 10.9. The van der Waals surface area contributed by atoms with Gasteiger partial charge in [0.2, 0.25) is 0 Å². The van der Waals surface area contributed by atoms with E-state index in [2.05, 4.69) is 20.7 Å². The van der Waals surface area contributed by atoms with E-state index in [1.807, 2.05) is 0 Å². The van der Waals surface area contributed by atoms with E-state index in [1.54, 1.807) is 12.1 Å². The Labute approximate surface area is 108 Å². The molecule has 88 valence electrons. The van der Waals surface area contributed by atoms with Crippen molar-refractivity contribution in [2.45, 2.75) is 0 Å². The summed E-state index contributed by atoms with van der Waals surface area (Å²) in [5.41, 5.74) is -0.355. The quantitative estimate of drug-likeness (QED) is 0.470. The molecule has 7 heteroatoms. The fraction of sp³-hybridized carbons (Fsp3) is 0.100. The molecule has 0 radical (unpaired) electrons. The maximum absolute atomic E-state index is 11.5. The molecule has 17 heavy (non-hydrogen) atoms. The third kappa shape index (κ3) is 2.03. The first-order valence-corrected chi connectivity index (χ1v) is 6.00. The number of cyclic esters (lactones) is 1. The van der Waals surface area contributed by atoms with Crippen molar-refractivity contribution in [3.63, 3.8) is 0 Å². The fourth-order valence-electron chi connectivity index (χ4n) is 1.29. The van der Waals surface area contributed by atoms with E-state index in [-0.39, 0.29) is 11.3 Å². The van der Waals surface area contributed by atoms with Gasteiger partial charge in [0.15, 0.2) is 11.3 Å². The summed E-state index contributed by atoms with van der Waals surface area (Å²) >= 11 is 4.48. The molecule has 0 aromatic carbocycles. The van der Waals surface area contributed by atoms with Gasteiger partial charge in [-0.15, -0.1) is 11.3 Å². The molecule has 5 nitrogen and oxygen atoms in total. The molecule has 1 aliphatic heterocycles. The van der Waals surface area contributed by atoms with Gasteiger partial charge in [-0.05, 0) is 28.1 Å². The molecular weight excluding hydrogens is 312 g/mol. The lowest BCUT2D eigenvalue weighted by molar-refractivity contribution is -0.146. The zero-order chi connectivity index (χ0) is 12.6.